The van der Waals surface area contributed by atoms with Crippen LogP contribution in [0.5, 0.6) is 5.88 Å². The maximum Gasteiger partial charge on any atom is 0.212 e. The molecule has 0 amide bonds. The first kappa shape index (κ1) is 14.3. The third-order valence-corrected chi connectivity index (χ3v) is 5.51. The molecule has 2 rings (SSSR count). The van der Waals surface area contributed by atoms with E-state index in [2.05, 4.69) is 4.98 Å². The van der Waals surface area contributed by atoms with Crippen molar-refractivity contribution in [2.24, 2.45) is 0 Å². The van der Waals surface area contributed by atoms with Gasteiger partial charge in [-0.05, 0) is 17.0 Å². The summed E-state index contributed by atoms with van der Waals surface area (Å²) in [6.45, 7) is 0. The zero-order chi connectivity index (χ0) is 13.9. The highest BCUT2D eigenvalue weighted by atomic mass is 35.5. The highest BCUT2D eigenvalue weighted by Crippen LogP contribution is 2.25. The number of methoxy groups -OCH3 is 1. The van der Waals surface area contributed by atoms with Gasteiger partial charge in [-0.15, -0.1) is 11.3 Å². The quantitative estimate of drug-likeness (QED) is 0.851. The number of hydrogen-bond acceptors (Lipinski definition) is 5. The maximum atomic E-state index is 12.1. The molecule has 7 heteroatoms. The Morgan fingerprint density at radius 3 is 2.63 bits per heavy atom. The molecule has 0 bridgehead atoms. The van der Waals surface area contributed by atoms with Crippen molar-refractivity contribution in [3.8, 4) is 5.88 Å². The van der Waals surface area contributed by atoms with Gasteiger partial charge < -0.3 is 4.74 Å². The van der Waals surface area contributed by atoms with Gasteiger partial charge in [0.1, 0.15) is 0 Å². The fourth-order valence-electron chi connectivity index (χ4n) is 1.55. The molecule has 0 saturated carbocycles. The number of thiophene rings is 1. The van der Waals surface area contributed by atoms with Crippen LogP contribution in [0.1, 0.15) is 10.4 Å². The molecule has 0 radical (unpaired) electrons. The second-order valence-electron chi connectivity index (χ2n) is 3.93. The van der Waals surface area contributed by atoms with Gasteiger partial charge in [-0.3, -0.25) is 0 Å². The normalized spacial score (nSPS) is 11.5. The lowest BCUT2D eigenvalue weighted by Gasteiger charge is -2.04. The fraction of sp³-hybridized carbons (Fsp3) is 0.250. The van der Waals surface area contributed by atoms with E-state index in [1.54, 1.807) is 23.6 Å². The molecule has 0 spiro atoms. The average Bonchev–Trinajstić information content (AvgIpc) is 2.75. The van der Waals surface area contributed by atoms with E-state index in [-0.39, 0.29) is 11.5 Å². The zero-order valence-electron chi connectivity index (χ0n) is 10.2. The summed E-state index contributed by atoms with van der Waals surface area (Å²) >= 11 is 7.25. The largest absolute Gasteiger partial charge is 0.481 e. The summed E-state index contributed by atoms with van der Waals surface area (Å²) in [4.78, 5) is 4.66. The average molecular weight is 318 g/mol. The fourth-order valence-corrected chi connectivity index (χ4v) is 4.66. The first-order valence-electron chi connectivity index (χ1n) is 5.41. The van der Waals surface area contributed by atoms with Crippen LogP contribution < -0.4 is 4.74 Å². The first-order chi connectivity index (χ1) is 9.00. The minimum Gasteiger partial charge on any atom is -0.481 e. The van der Waals surface area contributed by atoms with Gasteiger partial charge in [0.2, 0.25) is 5.88 Å². The van der Waals surface area contributed by atoms with E-state index in [1.807, 2.05) is 0 Å². The summed E-state index contributed by atoms with van der Waals surface area (Å²) in [6, 6.07) is 5.04. The number of halogens is 1. The van der Waals surface area contributed by atoms with Crippen molar-refractivity contribution in [2.75, 3.05) is 7.11 Å². The number of ether oxygens (including phenoxy) is 1. The van der Waals surface area contributed by atoms with Crippen LogP contribution in [0.4, 0.5) is 0 Å². The summed E-state index contributed by atoms with van der Waals surface area (Å²) in [5.41, 5.74) is 0.633. The molecular formula is C12H12ClNO3S2. The van der Waals surface area contributed by atoms with E-state index in [0.717, 1.165) is 0 Å². The van der Waals surface area contributed by atoms with Crippen molar-refractivity contribution in [1.29, 1.82) is 0 Å². The molecule has 0 unspecified atom stereocenters. The van der Waals surface area contributed by atoms with Gasteiger partial charge in [0.15, 0.2) is 9.84 Å². The Balaban J connectivity index is 2.10. The third kappa shape index (κ3) is 3.92. The van der Waals surface area contributed by atoms with Crippen LogP contribution in [0.15, 0.2) is 29.8 Å². The van der Waals surface area contributed by atoms with E-state index >= 15 is 0 Å². The molecule has 0 fully saturated rings. The summed E-state index contributed by atoms with van der Waals surface area (Å²) in [5, 5.41) is 2.28. The number of nitrogens with zero attached hydrogens (tertiary/aromatic N) is 1. The molecular weight excluding hydrogens is 306 g/mol. The standard InChI is InChI=1S/C12H12ClNO3S2/c1-17-12-3-2-9(6-14-12)7-19(15,16)8-11-10(13)4-5-18-11/h2-6H,7-8H2,1H3. The van der Waals surface area contributed by atoms with Crippen LogP contribution in [-0.4, -0.2) is 20.5 Å². The molecule has 0 aliphatic heterocycles. The summed E-state index contributed by atoms with van der Waals surface area (Å²) in [5.74, 6) is 0.357. The predicted molar refractivity (Wildman–Crippen MR) is 76.4 cm³/mol. The molecule has 102 valence electrons. The maximum absolute atomic E-state index is 12.1. The molecule has 0 atom stereocenters. The lowest BCUT2D eigenvalue weighted by molar-refractivity contribution is 0.397. The van der Waals surface area contributed by atoms with E-state index in [0.29, 0.717) is 21.3 Å². The molecule has 0 saturated heterocycles. The molecule has 19 heavy (non-hydrogen) atoms. The van der Waals surface area contributed by atoms with Crippen LogP contribution in [0.2, 0.25) is 5.02 Å². The van der Waals surface area contributed by atoms with Crippen LogP contribution in [-0.2, 0) is 21.3 Å². The minimum absolute atomic E-state index is 0.0461. The molecule has 0 aromatic carbocycles. The predicted octanol–water partition coefficient (Wildman–Crippen LogP) is 2.92. The molecule has 0 N–H and O–H groups in total. The van der Waals surface area contributed by atoms with Crippen LogP contribution in [0, 0.1) is 0 Å². The molecule has 4 nitrogen and oxygen atoms in total. The summed E-state index contributed by atoms with van der Waals surface area (Å²) < 4.78 is 29.0. The molecule has 2 aromatic heterocycles. The van der Waals surface area contributed by atoms with Crippen molar-refractivity contribution in [1.82, 2.24) is 4.98 Å². The van der Waals surface area contributed by atoms with Crippen molar-refractivity contribution >= 4 is 32.8 Å². The van der Waals surface area contributed by atoms with Crippen molar-refractivity contribution < 1.29 is 13.2 Å². The number of aromatic nitrogens is 1. The van der Waals surface area contributed by atoms with Crippen LogP contribution >= 0.6 is 22.9 Å². The molecule has 2 heterocycles. The Kier molecular flexibility index (Phi) is 4.44. The van der Waals surface area contributed by atoms with Gasteiger partial charge in [-0.1, -0.05) is 17.7 Å². The Morgan fingerprint density at radius 2 is 2.11 bits per heavy atom. The Bertz CT molecular complexity index is 650. The Labute approximate surface area is 120 Å². The minimum atomic E-state index is -3.25. The highest BCUT2D eigenvalue weighted by Gasteiger charge is 2.16. The van der Waals surface area contributed by atoms with Gasteiger partial charge in [0.05, 0.1) is 23.6 Å². The SMILES string of the molecule is COc1ccc(CS(=O)(=O)Cc2sccc2Cl)cn1. The smallest absolute Gasteiger partial charge is 0.212 e. The molecule has 0 aliphatic carbocycles. The second kappa shape index (κ2) is 5.90. The first-order valence-corrected chi connectivity index (χ1v) is 8.49. The zero-order valence-corrected chi connectivity index (χ0v) is 12.6. The van der Waals surface area contributed by atoms with Gasteiger partial charge in [0, 0.05) is 17.1 Å². The van der Waals surface area contributed by atoms with Gasteiger partial charge >= 0.3 is 0 Å². The number of hydrogen-bond donors (Lipinski definition) is 0. The number of rotatable bonds is 5. The molecule has 2 aromatic rings. The van der Waals surface area contributed by atoms with Gasteiger partial charge in [-0.25, -0.2) is 13.4 Å². The van der Waals surface area contributed by atoms with Crippen LogP contribution in [0.3, 0.4) is 0 Å². The Morgan fingerprint density at radius 1 is 1.32 bits per heavy atom. The highest BCUT2D eigenvalue weighted by molar-refractivity contribution is 7.90. The van der Waals surface area contributed by atoms with E-state index in [4.69, 9.17) is 16.3 Å². The summed E-state index contributed by atoms with van der Waals surface area (Å²) in [7, 11) is -1.74. The van der Waals surface area contributed by atoms with E-state index in [9.17, 15) is 8.42 Å². The van der Waals surface area contributed by atoms with E-state index in [1.165, 1.54) is 24.6 Å². The van der Waals surface area contributed by atoms with Crippen molar-refractivity contribution in [3.63, 3.8) is 0 Å². The number of pyridine rings is 1. The third-order valence-electron chi connectivity index (χ3n) is 2.44. The van der Waals surface area contributed by atoms with Crippen LogP contribution in [0.25, 0.3) is 0 Å². The topological polar surface area (TPSA) is 56.3 Å². The summed E-state index contributed by atoms with van der Waals surface area (Å²) in [6.07, 6.45) is 1.51. The van der Waals surface area contributed by atoms with Crippen molar-refractivity contribution in [3.05, 3.63) is 45.2 Å². The monoisotopic (exact) mass is 317 g/mol. The van der Waals surface area contributed by atoms with E-state index < -0.39 is 9.84 Å². The van der Waals surface area contributed by atoms with Gasteiger partial charge in [-0.2, -0.15) is 0 Å². The lowest BCUT2D eigenvalue weighted by Crippen LogP contribution is -2.07. The lowest BCUT2D eigenvalue weighted by atomic mass is 10.3. The second-order valence-corrected chi connectivity index (χ2v) is 7.41. The van der Waals surface area contributed by atoms with Crippen molar-refractivity contribution in [2.45, 2.75) is 11.5 Å². The Hall–Kier alpha value is -1.11. The number of sulfone groups is 1. The van der Waals surface area contributed by atoms with Gasteiger partial charge in [0.25, 0.3) is 0 Å². The molecule has 0 aliphatic rings.